The van der Waals surface area contributed by atoms with Gasteiger partial charge in [-0.05, 0) is 41.8 Å². The van der Waals surface area contributed by atoms with E-state index in [0.717, 1.165) is 22.0 Å². The number of nitrogens with zero attached hydrogens (tertiary/aromatic N) is 1. The fourth-order valence-corrected chi connectivity index (χ4v) is 3.55. The molecule has 29 heavy (non-hydrogen) atoms. The van der Waals surface area contributed by atoms with Crippen LogP contribution < -0.4 is 16.0 Å². The lowest BCUT2D eigenvalue weighted by Crippen LogP contribution is -2.47. The summed E-state index contributed by atoms with van der Waals surface area (Å²) in [5, 5.41) is 18.6. The molecule has 0 bridgehead atoms. The van der Waals surface area contributed by atoms with Crippen molar-refractivity contribution in [2.45, 2.75) is 12.3 Å². The number of nitriles is 1. The van der Waals surface area contributed by atoms with Gasteiger partial charge < -0.3 is 20.9 Å². The number of nitrogens with one attached hydrogen (secondary N) is 4. The van der Waals surface area contributed by atoms with Crippen molar-refractivity contribution in [2.24, 2.45) is 0 Å². The molecule has 146 valence electrons. The number of amides is 3. The first-order chi connectivity index (χ1) is 14.1. The lowest BCUT2D eigenvalue weighted by Gasteiger charge is -2.24. The van der Waals surface area contributed by atoms with Crippen LogP contribution in [0.1, 0.15) is 33.0 Å². The Morgan fingerprint density at radius 1 is 1.14 bits per heavy atom. The molecule has 0 unspecified atom stereocenters. The van der Waals surface area contributed by atoms with E-state index in [1.165, 1.54) is 0 Å². The first kappa shape index (κ1) is 18.6. The van der Waals surface area contributed by atoms with Gasteiger partial charge in [0.25, 0.3) is 5.91 Å². The van der Waals surface area contributed by atoms with Crippen LogP contribution in [0.4, 0.5) is 4.79 Å². The van der Waals surface area contributed by atoms with Gasteiger partial charge in [-0.15, -0.1) is 0 Å². The fraction of sp³-hybridized carbons (Fsp3) is 0.227. The maximum atomic E-state index is 12.4. The molecule has 1 aliphatic rings. The Bertz CT molecular complexity index is 1080. The minimum atomic E-state index is -0.142. The van der Waals surface area contributed by atoms with Gasteiger partial charge in [-0.2, -0.15) is 5.26 Å². The summed E-state index contributed by atoms with van der Waals surface area (Å²) in [7, 11) is 0. The van der Waals surface area contributed by atoms with E-state index in [-0.39, 0.29) is 17.9 Å². The first-order valence-corrected chi connectivity index (χ1v) is 9.54. The average Bonchev–Trinajstić information content (AvgIpc) is 3.17. The average molecular weight is 387 g/mol. The predicted molar refractivity (Wildman–Crippen MR) is 110 cm³/mol. The van der Waals surface area contributed by atoms with Gasteiger partial charge in [0, 0.05) is 48.2 Å². The molecule has 0 radical (unpaired) electrons. The van der Waals surface area contributed by atoms with Gasteiger partial charge in [0.05, 0.1) is 5.56 Å². The standard InChI is InChI=1S/C22H21N5O2/c23-10-17-11-25-20-6-1-14(9-19(17)20)7-8-24-21(28)16-4-2-15(3-5-16)18-12-26-22(29)27-13-18/h1-6,9,11,18,25H,7-8,12-13H2,(H,24,28)(H2,26,27,29). The van der Waals surface area contributed by atoms with Gasteiger partial charge >= 0.3 is 6.03 Å². The van der Waals surface area contributed by atoms with Crippen LogP contribution in [0.3, 0.4) is 0 Å². The highest BCUT2D eigenvalue weighted by Gasteiger charge is 2.19. The number of H-pyrrole nitrogens is 1. The quantitative estimate of drug-likeness (QED) is 0.540. The Morgan fingerprint density at radius 2 is 1.90 bits per heavy atom. The number of carbonyl (C=O) groups is 2. The molecule has 7 heteroatoms. The number of rotatable bonds is 5. The lowest BCUT2D eigenvalue weighted by atomic mass is 9.96. The summed E-state index contributed by atoms with van der Waals surface area (Å²) in [5.74, 6) is 0.0820. The third-order valence-corrected chi connectivity index (χ3v) is 5.23. The van der Waals surface area contributed by atoms with Crippen molar-refractivity contribution in [3.05, 3.63) is 70.9 Å². The molecule has 2 heterocycles. The number of carbonyl (C=O) groups excluding carboxylic acids is 2. The van der Waals surface area contributed by atoms with Gasteiger partial charge in [-0.1, -0.05) is 18.2 Å². The summed E-state index contributed by atoms with van der Waals surface area (Å²) in [5.41, 5.74) is 4.31. The van der Waals surface area contributed by atoms with E-state index in [1.807, 2.05) is 42.5 Å². The van der Waals surface area contributed by atoms with E-state index in [0.29, 0.717) is 37.2 Å². The highest BCUT2D eigenvalue weighted by atomic mass is 16.2. The van der Waals surface area contributed by atoms with Crippen LogP contribution in [0.2, 0.25) is 0 Å². The van der Waals surface area contributed by atoms with Crippen molar-refractivity contribution in [3.63, 3.8) is 0 Å². The van der Waals surface area contributed by atoms with E-state index in [1.54, 1.807) is 6.20 Å². The normalized spacial score (nSPS) is 14.1. The summed E-state index contributed by atoms with van der Waals surface area (Å²) >= 11 is 0. The van der Waals surface area contributed by atoms with Crippen LogP contribution in [-0.4, -0.2) is 36.6 Å². The number of aromatic amines is 1. The summed E-state index contributed by atoms with van der Waals surface area (Å²) in [6.07, 6.45) is 2.39. The molecule has 0 spiro atoms. The highest BCUT2D eigenvalue weighted by Crippen LogP contribution is 2.20. The molecule has 0 atom stereocenters. The minimum Gasteiger partial charge on any atom is -0.360 e. The Hall–Kier alpha value is -3.79. The molecule has 3 amide bonds. The Balaban J connectivity index is 1.33. The number of hydrogen-bond donors (Lipinski definition) is 4. The van der Waals surface area contributed by atoms with E-state index < -0.39 is 0 Å². The number of hydrogen-bond acceptors (Lipinski definition) is 3. The van der Waals surface area contributed by atoms with Crippen LogP contribution >= 0.6 is 0 Å². The molecule has 0 saturated carbocycles. The summed E-state index contributed by atoms with van der Waals surface area (Å²) in [6, 6.07) is 15.5. The van der Waals surface area contributed by atoms with E-state index in [2.05, 4.69) is 27.0 Å². The zero-order valence-corrected chi connectivity index (χ0v) is 15.8. The van der Waals surface area contributed by atoms with Gasteiger partial charge in [-0.3, -0.25) is 4.79 Å². The summed E-state index contributed by atoms with van der Waals surface area (Å²) in [6.45, 7) is 1.70. The Labute approximate surface area is 168 Å². The van der Waals surface area contributed by atoms with Crippen LogP contribution in [0.5, 0.6) is 0 Å². The monoisotopic (exact) mass is 387 g/mol. The van der Waals surface area contributed by atoms with Crippen LogP contribution in [0.25, 0.3) is 10.9 Å². The fourth-order valence-electron chi connectivity index (χ4n) is 3.55. The van der Waals surface area contributed by atoms with Crippen molar-refractivity contribution in [3.8, 4) is 6.07 Å². The van der Waals surface area contributed by atoms with Gasteiger partial charge in [0.15, 0.2) is 0 Å². The van der Waals surface area contributed by atoms with Crippen LogP contribution in [-0.2, 0) is 6.42 Å². The van der Waals surface area contributed by atoms with Gasteiger partial charge in [0.1, 0.15) is 6.07 Å². The van der Waals surface area contributed by atoms with Crippen LogP contribution in [0.15, 0.2) is 48.7 Å². The number of fused-ring (bicyclic) bond motifs is 1. The van der Waals surface area contributed by atoms with Crippen molar-refractivity contribution in [1.82, 2.24) is 20.9 Å². The van der Waals surface area contributed by atoms with Crippen LogP contribution in [0, 0.1) is 11.3 Å². The molecule has 0 aliphatic carbocycles. The molecule has 1 fully saturated rings. The summed E-state index contributed by atoms with van der Waals surface area (Å²) < 4.78 is 0. The Kier molecular flexibility index (Phi) is 5.16. The summed E-state index contributed by atoms with van der Waals surface area (Å²) in [4.78, 5) is 26.7. The number of aromatic nitrogens is 1. The second-order valence-electron chi connectivity index (χ2n) is 7.11. The Morgan fingerprint density at radius 3 is 2.62 bits per heavy atom. The molecule has 2 aromatic carbocycles. The topological polar surface area (TPSA) is 110 Å². The molecule has 3 aromatic rings. The smallest absolute Gasteiger partial charge is 0.314 e. The minimum absolute atomic E-state index is 0.118. The van der Waals surface area contributed by atoms with E-state index in [4.69, 9.17) is 5.26 Å². The third kappa shape index (κ3) is 4.06. The van der Waals surface area contributed by atoms with Gasteiger partial charge in [-0.25, -0.2) is 4.79 Å². The molecule has 7 nitrogen and oxygen atoms in total. The van der Waals surface area contributed by atoms with Crippen molar-refractivity contribution < 1.29 is 9.59 Å². The third-order valence-electron chi connectivity index (χ3n) is 5.23. The molecule has 1 saturated heterocycles. The highest BCUT2D eigenvalue weighted by molar-refractivity contribution is 5.94. The lowest BCUT2D eigenvalue weighted by molar-refractivity contribution is 0.0954. The van der Waals surface area contributed by atoms with Gasteiger partial charge in [0.2, 0.25) is 0 Å². The maximum absolute atomic E-state index is 12.4. The number of urea groups is 1. The van der Waals surface area contributed by atoms with Crippen molar-refractivity contribution in [1.29, 1.82) is 5.26 Å². The van der Waals surface area contributed by atoms with E-state index in [9.17, 15) is 9.59 Å². The molecule has 4 rings (SSSR count). The largest absolute Gasteiger partial charge is 0.360 e. The molecular formula is C22H21N5O2. The van der Waals surface area contributed by atoms with E-state index >= 15 is 0 Å². The van der Waals surface area contributed by atoms with Crippen molar-refractivity contribution >= 4 is 22.8 Å². The zero-order chi connectivity index (χ0) is 20.2. The molecule has 4 N–H and O–H groups in total. The zero-order valence-electron chi connectivity index (χ0n) is 15.8. The predicted octanol–water partition coefficient (Wildman–Crippen LogP) is 2.41. The SMILES string of the molecule is N#Cc1c[nH]c2ccc(CCNC(=O)c3ccc(C4CNC(=O)NC4)cc3)cc12. The molecule has 1 aromatic heterocycles. The second kappa shape index (κ2) is 8.07. The first-order valence-electron chi connectivity index (χ1n) is 9.54. The second-order valence-corrected chi connectivity index (χ2v) is 7.11. The van der Waals surface area contributed by atoms with Crippen molar-refractivity contribution in [2.75, 3.05) is 19.6 Å². The number of benzene rings is 2. The molecule has 1 aliphatic heterocycles. The maximum Gasteiger partial charge on any atom is 0.314 e. The molecular weight excluding hydrogens is 366 g/mol.